The van der Waals surface area contributed by atoms with Crippen LogP contribution >= 0.6 is 15.9 Å². The van der Waals surface area contributed by atoms with E-state index in [1.54, 1.807) is 4.68 Å². The maximum absolute atomic E-state index is 12.7. The summed E-state index contributed by atoms with van der Waals surface area (Å²) < 4.78 is 4.44. The Bertz CT molecular complexity index is 628. The number of allylic oxidation sites excluding steroid dienone is 3. The molecular formula is C20H34BrN3O. The third-order valence-electron chi connectivity index (χ3n) is 4.46. The Balaban J connectivity index is 3.03. The summed E-state index contributed by atoms with van der Waals surface area (Å²) in [5.74, 6) is 0. The lowest BCUT2D eigenvalue weighted by molar-refractivity contribution is 0.252. The Morgan fingerprint density at radius 2 is 1.92 bits per heavy atom. The van der Waals surface area contributed by atoms with E-state index in [0.29, 0.717) is 4.47 Å². The van der Waals surface area contributed by atoms with Crippen molar-refractivity contribution in [1.82, 2.24) is 14.3 Å². The lowest BCUT2D eigenvalue weighted by Crippen LogP contribution is -2.27. The average molecular weight is 412 g/mol. The highest BCUT2D eigenvalue weighted by atomic mass is 79.9. The minimum absolute atomic E-state index is 0.0230. The molecule has 1 heterocycles. The standard InChI is InChI=1S/C20H34BrN3O/c1-6-9-11-13-17(4)24-20(25)19(21)18(22(24)5)16-23(14-8-3)15-12-10-7-2/h6,13H,1,7-12,14-16H2,2-5H3/b17-13+. The zero-order valence-electron chi connectivity index (χ0n) is 16.4. The van der Waals surface area contributed by atoms with Crippen LogP contribution in [-0.2, 0) is 13.6 Å². The van der Waals surface area contributed by atoms with E-state index in [2.05, 4.69) is 47.3 Å². The Morgan fingerprint density at radius 3 is 2.52 bits per heavy atom. The normalized spacial score (nSPS) is 12.2. The van der Waals surface area contributed by atoms with Gasteiger partial charge in [0.05, 0.1) is 5.69 Å². The van der Waals surface area contributed by atoms with Crippen molar-refractivity contribution < 1.29 is 0 Å². The van der Waals surface area contributed by atoms with Crippen LogP contribution in [0.25, 0.3) is 5.70 Å². The molecule has 1 aromatic rings. The van der Waals surface area contributed by atoms with Gasteiger partial charge in [0.1, 0.15) is 4.47 Å². The number of halogens is 1. The highest BCUT2D eigenvalue weighted by Gasteiger charge is 2.18. The van der Waals surface area contributed by atoms with Crippen LogP contribution in [0.3, 0.4) is 0 Å². The van der Waals surface area contributed by atoms with Gasteiger partial charge in [-0.2, -0.15) is 0 Å². The molecule has 0 radical (unpaired) electrons. The number of aromatic nitrogens is 2. The highest BCUT2D eigenvalue weighted by molar-refractivity contribution is 9.10. The molecule has 142 valence electrons. The lowest BCUT2D eigenvalue weighted by Gasteiger charge is -2.22. The van der Waals surface area contributed by atoms with E-state index in [9.17, 15) is 4.79 Å². The quantitative estimate of drug-likeness (QED) is 0.350. The van der Waals surface area contributed by atoms with Crippen LogP contribution in [0.5, 0.6) is 0 Å². The number of hydrogen-bond donors (Lipinski definition) is 0. The SMILES string of the molecule is C=CCC/C=C(\C)n1c(=O)c(Br)c(CN(CCC)CCCCC)n1C. The van der Waals surface area contributed by atoms with E-state index in [0.717, 1.165) is 50.3 Å². The Labute approximate surface area is 161 Å². The molecule has 1 rings (SSSR count). The summed E-state index contributed by atoms with van der Waals surface area (Å²) in [7, 11) is 1.97. The molecule has 0 aliphatic rings. The topological polar surface area (TPSA) is 30.2 Å². The molecule has 0 atom stereocenters. The fourth-order valence-electron chi connectivity index (χ4n) is 3.06. The van der Waals surface area contributed by atoms with Crippen LogP contribution in [0.2, 0.25) is 0 Å². The van der Waals surface area contributed by atoms with Gasteiger partial charge in [0.25, 0.3) is 5.56 Å². The predicted molar refractivity (Wildman–Crippen MR) is 112 cm³/mol. The first-order valence-electron chi connectivity index (χ1n) is 9.44. The van der Waals surface area contributed by atoms with Gasteiger partial charge >= 0.3 is 0 Å². The van der Waals surface area contributed by atoms with E-state index in [1.165, 1.54) is 19.3 Å². The molecule has 0 aromatic carbocycles. The van der Waals surface area contributed by atoms with E-state index in [-0.39, 0.29) is 5.56 Å². The van der Waals surface area contributed by atoms with E-state index in [1.807, 2.05) is 24.7 Å². The van der Waals surface area contributed by atoms with Crippen LogP contribution < -0.4 is 5.56 Å². The fourth-order valence-corrected chi connectivity index (χ4v) is 3.61. The predicted octanol–water partition coefficient (Wildman–Crippen LogP) is 5.18. The molecule has 0 amide bonds. The van der Waals surface area contributed by atoms with Crippen molar-refractivity contribution in [3.63, 3.8) is 0 Å². The van der Waals surface area contributed by atoms with Crippen molar-refractivity contribution in [2.45, 2.75) is 65.8 Å². The van der Waals surface area contributed by atoms with Gasteiger partial charge in [-0.25, -0.2) is 4.68 Å². The van der Waals surface area contributed by atoms with E-state index in [4.69, 9.17) is 0 Å². The van der Waals surface area contributed by atoms with Crippen LogP contribution in [0, 0.1) is 0 Å². The molecule has 0 spiro atoms. The van der Waals surface area contributed by atoms with Crippen LogP contribution in [0.4, 0.5) is 0 Å². The largest absolute Gasteiger partial charge is 0.297 e. The maximum Gasteiger partial charge on any atom is 0.285 e. The molecule has 0 N–H and O–H groups in total. The van der Waals surface area contributed by atoms with Gasteiger partial charge in [0.2, 0.25) is 0 Å². The summed E-state index contributed by atoms with van der Waals surface area (Å²) >= 11 is 3.54. The molecule has 0 saturated carbocycles. The smallest absolute Gasteiger partial charge is 0.285 e. The number of unbranched alkanes of at least 4 members (excludes halogenated alkanes) is 3. The molecule has 25 heavy (non-hydrogen) atoms. The molecular weight excluding hydrogens is 378 g/mol. The van der Waals surface area contributed by atoms with Crippen molar-refractivity contribution in [2.24, 2.45) is 7.05 Å². The van der Waals surface area contributed by atoms with Crippen LogP contribution in [0.15, 0.2) is 28.0 Å². The molecule has 4 nitrogen and oxygen atoms in total. The highest BCUT2D eigenvalue weighted by Crippen LogP contribution is 2.18. The Hall–Kier alpha value is -1.07. The van der Waals surface area contributed by atoms with Crippen molar-refractivity contribution >= 4 is 21.6 Å². The van der Waals surface area contributed by atoms with Crippen molar-refractivity contribution in [3.05, 3.63) is 39.3 Å². The average Bonchev–Trinajstić information content (AvgIpc) is 2.79. The van der Waals surface area contributed by atoms with E-state index < -0.39 is 0 Å². The molecule has 0 unspecified atom stereocenters. The molecule has 5 heteroatoms. The summed E-state index contributed by atoms with van der Waals surface area (Å²) in [6.07, 6.45) is 10.6. The van der Waals surface area contributed by atoms with Crippen molar-refractivity contribution in [2.75, 3.05) is 13.1 Å². The Morgan fingerprint density at radius 1 is 1.20 bits per heavy atom. The second-order valence-electron chi connectivity index (χ2n) is 6.60. The maximum atomic E-state index is 12.7. The van der Waals surface area contributed by atoms with Gasteiger partial charge < -0.3 is 0 Å². The van der Waals surface area contributed by atoms with E-state index >= 15 is 0 Å². The molecule has 0 fully saturated rings. The van der Waals surface area contributed by atoms with Gasteiger partial charge in [-0.1, -0.05) is 38.8 Å². The molecule has 0 aliphatic heterocycles. The summed E-state index contributed by atoms with van der Waals surface area (Å²) in [4.78, 5) is 15.2. The van der Waals surface area contributed by atoms with Crippen molar-refractivity contribution in [3.8, 4) is 0 Å². The summed E-state index contributed by atoms with van der Waals surface area (Å²) in [6, 6.07) is 0. The summed E-state index contributed by atoms with van der Waals surface area (Å²) in [5, 5.41) is 0. The fraction of sp³-hybridized carbons (Fsp3) is 0.650. The summed E-state index contributed by atoms with van der Waals surface area (Å²) in [5.41, 5.74) is 2.04. The minimum atomic E-state index is 0.0230. The van der Waals surface area contributed by atoms with Gasteiger partial charge in [0, 0.05) is 19.3 Å². The number of hydrogen-bond acceptors (Lipinski definition) is 2. The first-order chi connectivity index (χ1) is 12.0. The lowest BCUT2D eigenvalue weighted by atomic mass is 10.2. The molecule has 1 aromatic heterocycles. The van der Waals surface area contributed by atoms with Gasteiger partial charge in [-0.15, -0.1) is 6.58 Å². The summed E-state index contributed by atoms with van der Waals surface area (Å²) in [6.45, 7) is 13.1. The number of nitrogens with zero attached hydrogens (tertiary/aromatic N) is 3. The van der Waals surface area contributed by atoms with Gasteiger partial charge in [-0.3, -0.25) is 14.4 Å². The second kappa shape index (κ2) is 11.5. The third kappa shape index (κ3) is 6.30. The Kier molecular flexibility index (Phi) is 10.1. The van der Waals surface area contributed by atoms with Crippen LogP contribution in [-0.4, -0.2) is 27.4 Å². The zero-order valence-corrected chi connectivity index (χ0v) is 17.9. The van der Waals surface area contributed by atoms with Gasteiger partial charge in [-0.05, 0) is 61.6 Å². The molecule has 0 saturated heterocycles. The first-order valence-corrected chi connectivity index (χ1v) is 10.2. The van der Waals surface area contributed by atoms with Crippen molar-refractivity contribution in [1.29, 1.82) is 0 Å². The minimum Gasteiger partial charge on any atom is -0.297 e. The zero-order chi connectivity index (χ0) is 18.8. The monoisotopic (exact) mass is 411 g/mol. The number of rotatable bonds is 12. The second-order valence-corrected chi connectivity index (χ2v) is 7.39. The van der Waals surface area contributed by atoms with Gasteiger partial charge in [0.15, 0.2) is 0 Å². The van der Waals surface area contributed by atoms with Crippen LogP contribution in [0.1, 0.15) is 65.0 Å². The third-order valence-corrected chi connectivity index (χ3v) is 5.26. The molecule has 0 bridgehead atoms. The molecule has 0 aliphatic carbocycles. The first kappa shape index (κ1) is 22.0.